The molecule has 0 aliphatic heterocycles. The second kappa shape index (κ2) is 5.24. The van der Waals surface area contributed by atoms with E-state index in [1.54, 1.807) is 30.5 Å². The van der Waals surface area contributed by atoms with Crippen LogP contribution in [0.1, 0.15) is 27.8 Å². The van der Waals surface area contributed by atoms with Crippen molar-refractivity contribution in [3.8, 4) is 5.69 Å². The fourth-order valence-corrected chi connectivity index (χ4v) is 1.89. The van der Waals surface area contributed by atoms with Crippen LogP contribution in [0, 0.1) is 0 Å². The summed E-state index contributed by atoms with van der Waals surface area (Å²) in [4.78, 5) is 22.7. The third-order valence-electron chi connectivity index (χ3n) is 2.65. The average Bonchev–Trinajstić information content (AvgIpc) is 2.87. The molecule has 0 saturated heterocycles. The normalized spacial score (nSPS) is 10.3. The number of carbonyl (C=O) groups is 2. The lowest BCUT2D eigenvalue weighted by Gasteiger charge is -2.05. The highest BCUT2D eigenvalue weighted by Crippen LogP contribution is 2.21. The summed E-state index contributed by atoms with van der Waals surface area (Å²) in [6.45, 7) is 1.48. The minimum absolute atomic E-state index is 0.0556. The molecular weight excluding hydrogens is 266 g/mol. The molecule has 1 aromatic heterocycles. The fourth-order valence-electron chi connectivity index (χ4n) is 1.62. The average molecular weight is 278 g/mol. The van der Waals surface area contributed by atoms with Gasteiger partial charge in [-0.3, -0.25) is 9.59 Å². The van der Waals surface area contributed by atoms with Gasteiger partial charge in [0.2, 0.25) is 0 Å². The Morgan fingerprint density at radius 2 is 2.05 bits per heavy atom. The van der Waals surface area contributed by atoms with Crippen molar-refractivity contribution in [1.82, 2.24) is 15.1 Å². The van der Waals surface area contributed by atoms with Crippen LogP contribution in [0.5, 0.6) is 0 Å². The van der Waals surface area contributed by atoms with Crippen LogP contribution in [0.25, 0.3) is 5.69 Å². The first-order valence-corrected chi connectivity index (χ1v) is 5.99. The van der Waals surface area contributed by atoms with E-state index in [1.165, 1.54) is 18.7 Å². The first-order valence-electron chi connectivity index (χ1n) is 5.61. The minimum Gasteiger partial charge on any atom is -0.354 e. The Balaban J connectivity index is 2.39. The maximum atomic E-state index is 11.4. The van der Waals surface area contributed by atoms with Crippen LogP contribution < -0.4 is 5.32 Å². The van der Waals surface area contributed by atoms with E-state index in [0.29, 0.717) is 22.0 Å². The predicted molar refractivity (Wildman–Crippen MR) is 72.0 cm³/mol. The highest BCUT2D eigenvalue weighted by molar-refractivity contribution is 6.32. The third-order valence-corrected chi connectivity index (χ3v) is 2.95. The van der Waals surface area contributed by atoms with Gasteiger partial charge >= 0.3 is 0 Å². The summed E-state index contributed by atoms with van der Waals surface area (Å²) in [6, 6.07) is 6.54. The van der Waals surface area contributed by atoms with Crippen LogP contribution in [0.4, 0.5) is 0 Å². The molecule has 1 heterocycles. The summed E-state index contributed by atoms with van der Waals surface area (Å²) in [6.07, 6.45) is 1.64. The van der Waals surface area contributed by atoms with E-state index in [2.05, 4.69) is 10.4 Å². The smallest absolute Gasteiger partial charge is 0.271 e. The summed E-state index contributed by atoms with van der Waals surface area (Å²) in [7, 11) is 1.54. The first-order chi connectivity index (χ1) is 9.02. The number of hydrogen-bond donors (Lipinski definition) is 1. The maximum Gasteiger partial charge on any atom is 0.271 e. The SMILES string of the molecule is CNC(=O)c1ccn(-c2ccc(C(C)=O)cc2Cl)n1. The van der Waals surface area contributed by atoms with Crippen molar-refractivity contribution in [3.05, 3.63) is 46.7 Å². The van der Waals surface area contributed by atoms with Crippen LogP contribution in [0.3, 0.4) is 0 Å². The lowest BCUT2D eigenvalue weighted by atomic mass is 10.1. The molecule has 2 rings (SSSR count). The quantitative estimate of drug-likeness (QED) is 0.874. The molecule has 1 N–H and O–H groups in total. The molecule has 0 unspecified atom stereocenters. The van der Waals surface area contributed by atoms with Gasteiger partial charge in [-0.25, -0.2) is 4.68 Å². The Morgan fingerprint density at radius 3 is 2.63 bits per heavy atom. The van der Waals surface area contributed by atoms with Crippen molar-refractivity contribution < 1.29 is 9.59 Å². The molecule has 5 nitrogen and oxygen atoms in total. The molecule has 1 amide bonds. The van der Waals surface area contributed by atoms with E-state index < -0.39 is 0 Å². The van der Waals surface area contributed by atoms with Crippen LogP contribution in [0.2, 0.25) is 5.02 Å². The molecule has 0 atom stereocenters. The zero-order chi connectivity index (χ0) is 14.0. The number of carbonyl (C=O) groups excluding carboxylic acids is 2. The molecule has 0 aliphatic carbocycles. The number of ketones is 1. The third kappa shape index (κ3) is 2.66. The summed E-state index contributed by atoms with van der Waals surface area (Å²) in [5.74, 6) is -0.324. The molecule has 0 radical (unpaired) electrons. The van der Waals surface area contributed by atoms with E-state index in [4.69, 9.17) is 11.6 Å². The number of hydrogen-bond acceptors (Lipinski definition) is 3. The summed E-state index contributed by atoms with van der Waals surface area (Å²) in [5, 5.41) is 7.02. The van der Waals surface area contributed by atoms with Gasteiger partial charge in [-0.2, -0.15) is 5.10 Å². The van der Waals surface area contributed by atoms with Crippen molar-refractivity contribution in [3.63, 3.8) is 0 Å². The molecule has 0 fully saturated rings. The summed E-state index contributed by atoms with van der Waals surface area (Å²) in [5.41, 5.74) is 1.45. The molecule has 0 saturated carbocycles. The molecule has 0 aliphatic rings. The predicted octanol–water partition coefficient (Wildman–Crippen LogP) is 2.09. The number of aromatic nitrogens is 2. The number of rotatable bonds is 3. The van der Waals surface area contributed by atoms with Crippen molar-refractivity contribution >= 4 is 23.3 Å². The van der Waals surface area contributed by atoms with Crippen molar-refractivity contribution in [1.29, 1.82) is 0 Å². The number of nitrogens with zero attached hydrogens (tertiary/aromatic N) is 2. The monoisotopic (exact) mass is 277 g/mol. The van der Waals surface area contributed by atoms with Crippen molar-refractivity contribution in [2.45, 2.75) is 6.92 Å². The molecule has 2 aromatic rings. The summed E-state index contributed by atoms with van der Waals surface area (Å²) >= 11 is 6.12. The zero-order valence-electron chi connectivity index (χ0n) is 10.5. The fraction of sp³-hybridized carbons (Fsp3) is 0.154. The van der Waals surface area contributed by atoms with E-state index in [1.807, 2.05) is 0 Å². The van der Waals surface area contributed by atoms with E-state index in [-0.39, 0.29) is 11.7 Å². The molecular formula is C13H12ClN3O2. The molecule has 6 heteroatoms. The number of halogens is 1. The number of amides is 1. The maximum absolute atomic E-state index is 11.4. The Labute approximate surface area is 115 Å². The van der Waals surface area contributed by atoms with E-state index in [9.17, 15) is 9.59 Å². The van der Waals surface area contributed by atoms with Gasteiger partial charge in [-0.15, -0.1) is 0 Å². The standard InChI is InChI=1S/C13H12ClN3O2/c1-8(18)9-3-4-12(10(14)7-9)17-6-5-11(16-17)13(19)15-2/h3-7H,1-2H3,(H,15,19). The van der Waals surface area contributed by atoms with Gasteiger partial charge in [0.05, 0.1) is 10.7 Å². The molecule has 98 valence electrons. The Bertz CT molecular complexity index is 649. The first kappa shape index (κ1) is 13.3. The van der Waals surface area contributed by atoms with Gasteiger partial charge in [0, 0.05) is 18.8 Å². The van der Waals surface area contributed by atoms with Crippen molar-refractivity contribution in [2.24, 2.45) is 0 Å². The van der Waals surface area contributed by atoms with Crippen LogP contribution >= 0.6 is 11.6 Å². The van der Waals surface area contributed by atoms with Gasteiger partial charge in [-0.1, -0.05) is 11.6 Å². The number of nitrogens with one attached hydrogen (secondary N) is 1. The minimum atomic E-state index is -0.268. The van der Waals surface area contributed by atoms with Gasteiger partial charge in [0.1, 0.15) is 0 Å². The van der Waals surface area contributed by atoms with E-state index >= 15 is 0 Å². The van der Waals surface area contributed by atoms with Gasteiger partial charge in [0.15, 0.2) is 11.5 Å². The van der Waals surface area contributed by atoms with Crippen LogP contribution in [0.15, 0.2) is 30.5 Å². The van der Waals surface area contributed by atoms with Crippen molar-refractivity contribution in [2.75, 3.05) is 7.05 Å². The topological polar surface area (TPSA) is 64.0 Å². The van der Waals surface area contributed by atoms with Crippen LogP contribution in [-0.4, -0.2) is 28.5 Å². The Morgan fingerprint density at radius 1 is 1.32 bits per heavy atom. The Kier molecular flexibility index (Phi) is 3.66. The second-order valence-electron chi connectivity index (χ2n) is 3.95. The molecule has 0 spiro atoms. The van der Waals surface area contributed by atoms with E-state index in [0.717, 1.165) is 0 Å². The highest BCUT2D eigenvalue weighted by atomic mass is 35.5. The lowest BCUT2D eigenvalue weighted by molar-refractivity contribution is 0.0956. The second-order valence-corrected chi connectivity index (χ2v) is 4.35. The van der Waals surface area contributed by atoms with Crippen LogP contribution in [-0.2, 0) is 0 Å². The Hall–Kier alpha value is -2.14. The van der Waals surface area contributed by atoms with Gasteiger partial charge < -0.3 is 5.32 Å². The molecule has 19 heavy (non-hydrogen) atoms. The molecule has 0 bridgehead atoms. The zero-order valence-corrected chi connectivity index (χ0v) is 11.2. The number of Topliss-reactive ketones (excluding diaryl/α,β-unsaturated/α-hetero) is 1. The van der Waals surface area contributed by atoms with Gasteiger partial charge in [0.25, 0.3) is 5.91 Å². The summed E-state index contributed by atoms with van der Waals surface area (Å²) < 4.78 is 1.50. The highest BCUT2D eigenvalue weighted by Gasteiger charge is 2.11. The largest absolute Gasteiger partial charge is 0.354 e. The molecule has 1 aromatic carbocycles. The van der Waals surface area contributed by atoms with Gasteiger partial charge in [-0.05, 0) is 31.2 Å². The number of benzene rings is 1. The lowest BCUT2D eigenvalue weighted by Crippen LogP contribution is -2.18.